The summed E-state index contributed by atoms with van der Waals surface area (Å²) in [5.74, 6) is -0.00502. The lowest BCUT2D eigenvalue weighted by atomic mass is 10.0. The number of fused-ring (bicyclic) bond motifs is 1. The first-order valence-electron chi connectivity index (χ1n) is 5.73. The maximum absolute atomic E-state index is 11.7. The van der Waals surface area contributed by atoms with Gasteiger partial charge in [0.1, 0.15) is 5.75 Å². The molecule has 0 saturated carbocycles. The lowest BCUT2D eigenvalue weighted by Gasteiger charge is -2.06. The van der Waals surface area contributed by atoms with Crippen LogP contribution in [0.25, 0.3) is 22.0 Å². The van der Waals surface area contributed by atoms with Gasteiger partial charge >= 0.3 is 0 Å². The summed E-state index contributed by atoms with van der Waals surface area (Å²) in [6.45, 7) is 0. The Bertz CT molecular complexity index is 824. The molecule has 0 aliphatic rings. The molecular weight excluding hydrogens is 242 g/mol. The fourth-order valence-corrected chi connectivity index (χ4v) is 2.03. The number of hydrogen-bond acceptors (Lipinski definition) is 4. The lowest BCUT2D eigenvalue weighted by Crippen LogP contribution is -2.09. The van der Waals surface area contributed by atoms with Crippen LogP contribution >= 0.6 is 0 Å². The van der Waals surface area contributed by atoms with Crippen molar-refractivity contribution in [2.75, 3.05) is 5.73 Å². The highest BCUT2D eigenvalue weighted by molar-refractivity contribution is 5.94. The first-order chi connectivity index (χ1) is 9.16. The van der Waals surface area contributed by atoms with Gasteiger partial charge in [0.05, 0.1) is 16.8 Å². The average Bonchev–Trinajstić information content (AvgIpc) is 2.43. The van der Waals surface area contributed by atoms with Gasteiger partial charge in [-0.25, -0.2) is 5.10 Å². The van der Waals surface area contributed by atoms with E-state index in [0.717, 1.165) is 5.39 Å². The van der Waals surface area contributed by atoms with Crippen molar-refractivity contribution in [3.63, 3.8) is 0 Å². The Morgan fingerprint density at radius 3 is 2.58 bits per heavy atom. The summed E-state index contributed by atoms with van der Waals surface area (Å²) in [6, 6.07) is 12.1. The molecule has 0 amide bonds. The molecule has 5 nitrogen and oxygen atoms in total. The van der Waals surface area contributed by atoms with E-state index >= 15 is 0 Å². The van der Waals surface area contributed by atoms with Gasteiger partial charge in [-0.05, 0) is 18.2 Å². The standard InChI is InChI=1S/C14H11N3O2/c15-11-6-5-8(7-12(11)18)13-9-3-1-2-4-10(9)14(19)17-16-13/h1-7,18H,15H2,(H,17,19). The highest BCUT2D eigenvalue weighted by Gasteiger charge is 2.09. The zero-order valence-corrected chi connectivity index (χ0v) is 9.92. The number of nitrogens with two attached hydrogens (primary N) is 1. The number of nitrogens with one attached hydrogen (secondary N) is 1. The molecule has 4 N–H and O–H groups in total. The number of rotatable bonds is 1. The van der Waals surface area contributed by atoms with Crippen molar-refractivity contribution in [2.45, 2.75) is 0 Å². The molecule has 0 unspecified atom stereocenters. The zero-order valence-electron chi connectivity index (χ0n) is 9.92. The Balaban J connectivity index is 2.34. The second kappa shape index (κ2) is 4.13. The molecule has 0 aliphatic carbocycles. The van der Waals surface area contributed by atoms with Gasteiger partial charge in [-0.1, -0.05) is 24.3 Å². The van der Waals surface area contributed by atoms with Crippen LogP contribution in [0.5, 0.6) is 5.75 Å². The number of hydrogen-bond donors (Lipinski definition) is 3. The summed E-state index contributed by atoms with van der Waals surface area (Å²) in [6.07, 6.45) is 0. The first-order valence-corrected chi connectivity index (χ1v) is 5.73. The van der Waals surface area contributed by atoms with Crippen LogP contribution in [0.15, 0.2) is 47.3 Å². The molecule has 5 heteroatoms. The minimum Gasteiger partial charge on any atom is -0.506 e. The third-order valence-electron chi connectivity index (χ3n) is 3.00. The molecule has 1 aromatic heterocycles. The van der Waals surface area contributed by atoms with E-state index in [0.29, 0.717) is 22.3 Å². The quantitative estimate of drug-likeness (QED) is 0.456. The number of phenolic OH excluding ortho intramolecular Hbond substituents is 1. The van der Waals surface area contributed by atoms with Gasteiger partial charge in [-0.2, -0.15) is 5.10 Å². The molecule has 0 spiro atoms. The van der Waals surface area contributed by atoms with E-state index in [1.54, 1.807) is 24.3 Å². The molecule has 0 radical (unpaired) electrons. The van der Waals surface area contributed by atoms with Crippen LogP contribution in [0.3, 0.4) is 0 Å². The fraction of sp³-hybridized carbons (Fsp3) is 0. The van der Waals surface area contributed by atoms with Gasteiger partial charge in [-0.15, -0.1) is 0 Å². The van der Waals surface area contributed by atoms with Crippen LogP contribution in [0, 0.1) is 0 Å². The molecule has 0 aliphatic heterocycles. The summed E-state index contributed by atoms with van der Waals surface area (Å²) < 4.78 is 0. The van der Waals surface area contributed by atoms with E-state index in [9.17, 15) is 9.90 Å². The topological polar surface area (TPSA) is 92.0 Å². The van der Waals surface area contributed by atoms with E-state index in [-0.39, 0.29) is 11.3 Å². The number of aromatic nitrogens is 2. The molecule has 3 rings (SSSR count). The normalized spacial score (nSPS) is 10.7. The number of H-pyrrole nitrogens is 1. The second-order valence-electron chi connectivity index (χ2n) is 4.22. The number of nitrogens with zero attached hydrogens (tertiary/aromatic N) is 1. The SMILES string of the molecule is Nc1ccc(-c2n[nH]c(=O)c3ccccc23)cc1O. The fourth-order valence-electron chi connectivity index (χ4n) is 2.03. The minimum atomic E-state index is -0.237. The van der Waals surface area contributed by atoms with Crippen LogP contribution in [-0.2, 0) is 0 Å². The van der Waals surface area contributed by atoms with Crippen molar-refractivity contribution in [3.05, 3.63) is 52.8 Å². The molecule has 0 atom stereocenters. The summed E-state index contributed by atoms with van der Waals surface area (Å²) in [7, 11) is 0. The van der Waals surface area contributed by atoms with Gasteiger partial charge in [0.2, 0.25) is 0 Å². The van der Waals surface area contributed by atoms with E-state index in [1.807, 2.05) is 12.1 Å². The first kappa shape index (κ1) is 11.3. The van der Waals surface area contributed by atoms with Gasteiger partial charge in [0.15, 0.2) is 0 Å². The predicted octanol–water partition coefficient (Wildman–Crippen LogP) is 1.88. The highest BCUT2D eigenvalue weighted by Crippen LogP contribution is 2.29. The molecular formula is C14H11N3O2. The number of benzene rings is 2. The van der Waals surface area contributed by atoms with Crippen LogP contribution in [0.2, 0.25) is 0 Å². The molecule has 0 saturated heterocycles. The summed E-state index contributed by atoms with van der Waals surface area (Å²) >= 11 is 0. The van der Waals surface area contributed by atoms with Gasteiger partial charge in [0, 0.05) is 10.9 Å². The van der Waals surface area contributed by atoms with Crippen LogP contribution in [0.4, 0.5) is 5.69 Å². The third kappa shape index (κ3) is 1.81. The van der Waals surface area contributed by atoms with Crippen molar-refractivity contribution in [1.29, 1.82) is 0 Å². The maximum atomic E-state index is 11.7. The molecule has 2 aromatic carbocycles. The Morgan fingerprint density at radius 2 is 1.84 bits per heavy atom. The number of aromatic amines is 1. The van der Waals surface area contributed by atoms with Crippen LogP contribution < -0.4 is 11.3 Å². The van der Waals surface area contributed by atoms with E-state index in [4.69, 9.17) is 5.73 Å². The summed E-state index contributed by atoms with van der Waals surface area (Å²) in [4.78, 5) is 11.7. The van der Waals surface area contributed by atoms with Crippen LogP contribution in [-0.4, -0.2) is 15.3 Å². The van der Waals surface area contributed by atoms with Crippen molar-refractivity contribution < 1.29 is 5.11 Å². The number of phenols is 1. The van der Waals surface area contributed by atoms with Gasteiger partial charge in [-0.3, -0.25) is 4.79 Å². The molecule has 19 heavy (non-hydrogen) atoms. The number of nitrogen functional groups attached to an aromatic ring is 1. The van der Waals surface area contributed by atoms with Crippen molar-refractivity contribution in [1.82, 2.24) is 10.2 Å². The third-order valence-corrected chi connectivity index (χ3v) is 3.00. The van der Waals surface area contributed by atoms with Crippen molar-refractivity contribution >= 4 is 16.5 Å². The molecule has 3 aromatic rings. The number of anilines is 1. The second-order valence-corrected chi connectivity index (χ2v) is 4.22. The Kier molecular flexibility index (Phi) is 2.45. The summed E-state index contributed by atoms with van der Waals surface area (Å²) in [5, 5.41) is 17.5. The van der Waals surface area contributed by atoms with Crippen LogP contribution in [0.1, 0.15) is 0 Å². The van der Waals surface area contributed by atoms with E-state index < -0.39 is 0 Å². The highest BCUT2D eigenvalue weighted by atomic mass is 16.3. The smallest absolute Gasteiger partial charge is 0.272 e. The Hall–Kier alpha value is -2.82. The van der Waals surface area contributed by atoms with E-state index in [1.165, 1.54) is 6.07 Å². The van der Waals surface area contributed by atoms with Gasteiger partial charge in [0.25, 0.3) is 5.56 Å². The molecule has 1 heterocycles. The summed E-state index contributed by atoms with van der Waals surface area (Å²) in [5.41, 5.74) is 6.94. The average molecular weight is 253 g/mol. The van der Waals surface area contributed by atoms with Crippen molar-refractivity contribution in [3.8, 4) is 17.0 Å². The van der Waals surface area contributed by atoms with E-state index in [2.05, 4.69) is 10.2 Å². The lowest BCUT2D eigenvalue weighted by molar-refractivity contribution is 0.478. The monoisotopic (exact) mass is 253 g/mol. The maximum Gasteiger partial charge on any atom is 0.272 e. The number of aromatic hydroxyl groups is 1. The Labute approximate surface area is 108 Å². The van der Waals surface area contributed by atoms with Gasteiger partial charge < -0.3 is 10.8 Å². The largest absolute Gasteiger partial charge is 0.506 e. The molecule has 0 fully saturated rings. The Morgan fingerprint density at radius 1 is 1.11 bits per heavy atom. The van der Waals surface area contributed by atoms with Crippen molar-refractivity contribution in [2.24, 2.45) is 0 Å². The molecule has 0 bridgehead atoms. The predicted molar refractivity (Wildman–Crippen MR) is 73.9 cm³/mol. The minimum absolute atomic E-state index is 0.00502. The zero-order chi connectivity index (χ0) is 13.4. The molecule has 94 valence electrons.